The summed E-state index contributed by atoms with van der Waals surface area (Å²) in [6, 6.07) is 1.96. The fraction of sp³-hybridized carbons (Fsp3) is 0.625. The van der Waals surface area contributed by atoms with E-state index in [2.05, 4.69) is 22.1 Å². The molecule has 0 spiro atoms. The van der Waals surface area contributed by atoms with Crippen molar-refractivity contribution in [1.82, 2.24) is 10.3 Å². The lowest BCUT2D eigenvalue weighted by Gasteiger charge is -2.38. The Balaban J connectivity index is 2.02. The first-order valence-electron chi connectivity index (χ1n) is 7.68. The molecule has 0 bridgehead atoms. The van der Waals surface area contributed by atoms with E-state index in [1.54, 1.807) is 12.4 Å². The third kappa shape index (κ3) is 4.51. The first-order valence-corrected chi connectivity index (χ1v) is 7.68. The van der Waals surface area contributed by atoms with Crippen LogP contribution in [0.2, 0.25) is 0 Å². The number of nitrogens with zero attached hydrogens (tertiary/aromatic N) is 2. The molecular formula is C16H26N4O2. The van der Waals surface area contributed by atoms with Crippen LogP contribution in [0.4, 0.5) is 16.2 Å². The van der Waals surface area contributed by atoms with E-state index in [1.807, 2.05) is 26.8 Å². The van der Waals surface area contributed by atoms with Crippen molar-refractivity contribution >= 4 is 17.5 Å². The minimum Gasteiger partial charge on any atom is -0.444 e. The largest absolute Gasteiger partial charge is 0.444 e. The Morgan fingerprint density at radius 3 is 2.82 bits per heavy atom. The minimum absolute atomic E-state index is 0.0474. The van der Waals surface area contributed by atoms with Crippen LogP contribution in [0.25, 0.3) is 0 Å². The van der Waals surface area contributed by atoms with Gasteiger partial charge >= 0.3 is 6.09 Å². The van der Waals surface area contributed by atoms with Gasteiger partial charge in [0.25, 0.3) is 0 Å². The maximum atomic E-state index is 12.0. The fourth-order valence-corrected chi connectivity index (χ4v) is 2.81. The van der Waals surface area contributed by atoms with Gasteiger partial charge in [-0.3, -0.25) is 4.98 Å². The summed E-state index contributed by atoms with van der Waals surface area (Å²) in [5, 5.41) is 2.97. The highest BCUT2D eigenvalue weighted by Crippen LogP contribution is 2.27. The van der Waals surface area contributed by atoms with Crippen LogP contribution in [-0.2, 0) is 4.74 Å². The van der Waals surface area contributed by atoms with Crippen LogP contribution in [0.1, 0.15) is 34.1 Å². The number of piperidine rings is 1. The highest BCUT2D eigenvalue weighted by atomic mass is 16.6. The summed E-state index contributed by atoms with van der Waals surface area (Å²) >= 11 is 0. The maximum Gasteiger partial charge on any atom is 0.407 e. The molecular weight excluding hydrogens is 280 g/mol. The zero-order valence-corrected chi connectivity index (χ0v) is 13.8. The maximum absolute atomic E-state index is 12.0. The number of amides is 1. The van der Waals surface area contributed by atoms with Gasteiger partial charge in [0.2, 0.25) is 0 Å². The summed E-state index contributed by atoms with van der Waals surface area (Å²) in [5.41, 5.74) is 7.15. The third-order valence-corrected chi connectivity index (χ3v) is 3.55. The lowest BCUT2D eigenvalue weighted by atomic mass is 9.95. The van der Waals surface area contributed by atoms with Crippen molar-refractivity contribution in [1.29, 1.82) is 0 Å². The highest BCUT2D eigenvalue weighted by molar-refractivity contribution is 5.69. The molecule has 2 atom stereocenters. The fourth-order valence-electron chi connectivity index (χ4n) is 2.81. The average Bonchev–Trinajstić information content (AvgIpc) is 2.35. The predicted octanol–water partition coefficient (Wildman–Crippen LogP) is 2.40. The monoisotopic (exact) mass is 306 g/mol. The standard InChI is InChI=1S/C16H26N4O2/c1-11-7-12(19-15(21)22-16(2,3)4)10-20(9-11)14-5-6-18-8-13(14)17/h5-6,8,11-12H,7,9-10,17H2,1-4H3,(H,19,21)/t11-,12?/m1/s1. The van der Waals surface area contributed by atoms with Gasteiger partial charge in [-0.15, -0.1) is 0 Å². The van der Waals surface area contributed by atoms with Gasteiger partial charge < -0.3 is 20.7 Å². The summed E-state index contributed by atoms with van der Waals surface area (Å²) in [5.74, 6) is 0.459. The molecule has 1 aromatic rings. The number of nitrogens with one attached hydrogen (secondary N) is 1. The molecule has 0 aliphatic carbocycles. The summed E-state index contributed by atoms with van der Waals surface area (Å²) in [4.78, 5) is 18.2. The molecule has 1 fully saturated rings. The van der Waals surface area contributed by atoms with Crippen LogP contribution < -0.4 is 16.0 Å². The topological polar surface area (TPSA) is 80.5 Å². The normalized spacial score (nSPS) is 22.3. The van der Waals surface area contributed by atoms with Crippen molar-refractivity contribution in [3.8, 4) is 0 Å². The van der Waals surface area contributed by atoms with E-state index in [0.29, 0.717) is 11.6 Å². The zero-order chi connectivity index (χ0) is 16.3. The van der Waals surface area contributed by atoms with E-state index in [4.69, 9.17) is 10.5 Å². The first kappa shape index (κ1) is 16.4. The number of carbonyl (C=O) groups is 1. The molecule has 6 nitrogen and oxygen atoms in total. The second-order valence-corrected chi connectivity index (χ2v) is 7.02. The van der Waals surface area contributed by atoms with Crippen LogP contribution in [0.3, 0.4) is 0 Å². The molecule has 1 aromatic heterocycles. The quantitative estimate of drug-likeness (QED) is 0.877. The van der Waals surface area contributed by atoms with Gasteiger partial charge in [0.15, 0.2) is 0 Å². The van der Waals surface area contributed by atoms with Gasteiger partial charge in [0, 0.05) is 25.3 Å². The third-order valence-electron chi connectivity index (χ3n) is 3.55. The predicted molar refractivity (Wildman–Crippen MR) is 87.8 cm³/mol. The van der Waals surface area contributed by atoms with Crippen LogP contribution in [0.15, 0.2) is 18.5 Å². The smallest absolute Gasteiger partial charge is 0.407 e. The summed E-state index contributed by atoms with van der Waals surface area (Å²) in [6.45, 7) is 9.39. The number of alkyl carbamates (subject to hydrolysis) is 1. The van der Waals surface area contributed by atoms with E-state index in [9.17, 15) is 4.79 Å². The van der Waals surface area contributed by atoms with Gasteiger partial charge in [-0.1, -0.05) is 6.92 Å². The number of ether oxygens (including phenoxy) is 1. The number of anilines is 2. The van der Waals surface area contributed by atoms with E-state index in [-0.39, 0.29) is 12.1 Å². The Kier molecular flexibility index (Phi) is 4.78. The number of carbonyl (C=O) groups excluding carboxylic acids is 1. The van der Waals surface area contributed by atoms with Gasteiger partial charge in [-0.25, -0.2) is 4.79 Å². The number of nitrogens with two attached hydrogens (primary N) is 1. The number of pyridine rings is 1. The number of hydrogen-bond acceptors (Lipinski definition) is 5. The van der Waals surface area contributed by atoms with Crippen molar-refractivity contribution in [3.05, 3.63) is 18.5 Å². The average molecular weight is 306 g/mol. The number of hydrogen-bond donors (Lipinski definition) is 2. The molecule has 0 saturated carbocycles. The van der Waals surface area contributed by atoms with Gasteiger partial charge in [0.1, 0.15) is 5.60 Å². The van der Waals surface area contributed by atoms with Gasteiger partial charge in [-0.2, -0.15) is 0 Å². The number of rotatable bonds is 2. The molecule has 6 heteroatoms. The molecule has 22 heavy (non-hydrogen) atoms. The van der Waals surface area contributed by atoms with Crippen molar-refractivity contribution < 1.29 is 9.53 Å². The van der Waals surface area contributed by atoms with E-state index in [0.717, 1.165) is 25.2 Å². The second-order valence-electron chi connectivity index (χ2n) is 7.02. The minimum atomic E-state index is -0.487. The molecule has 1 aliphatic heterocycles. The van der Waals surface area contributed by atoms with E-state index >= 15 is 0 Å². The Morgan fingerprint density at radius 1 is 1.45 bits per heavy atom. The number of aromatic nitrogens is 1. The summed E-state index contributed by atoms with van der Waals surface area (Å²) in [6.07, 6.45) is 3.96. The van der Waals surface area contributed by atoms with Crippen molar-refractivity contribution in [2.45, 2.75) is 45.8 Å². The molecule has 1 amide bonds. The van der Waals surface area contributed by atoms with Crippen LogP contribution >= 0.6 is 0 Å². The number of nitrogen functional groups attached to an aromatic ring is 1. The van der Waals surface area contributed by atoms with Gasteiger partial charge in [0.05, 0.1) is 17.6 Å². The highest BCUT2D eigenvalue weighted by Gasteiger charge is 2.28. The zero-order valence-electron chi connectivity index (χ0n) is 13.8. The van der Waals surface area contributed by atoms with Crippen molar-refractivity contribution in [2.75, 3.05) is 23.7 Å². The van der Waals surface area contributed by atoms with Crippen molar-refractivity contribution in [3.63, 3.8) is 0 Å². The first-order chi connectivity index (χ1) is 10.2. The van der Waals surface area contributed by atoms with Gasteiger partial charge in [-0.05, 0) is 39.2 Å². The molecule has 1 aliphatic rings. The molecule has 1 unspecified atom stereocenters. The Morgan fingerprint density at radius 2 is 2.18 bits per heavy atom. The Labute approximate surface area is 132 Å². The lowest BCUT2D eigenvalue weighted by molar-refractivity contribution is 0.0495. The SMILES string of the molecule is C[C@@H]1CC(NC(=O)OC(C)(C)C)CN(c2ccncc2N)C1. The summed E-state index contributed by atoms with van der Waals surface area (Å²) < 4.78 is 5.34. The van der Waals surface area contributed by atoms with Crippen LogP contribution in [0, 0.1) is 5.92 Å². The molecule has 122 valence electrons. The molecule has 2 rings (SSSR count). The van der Waals surface area contributed by atoms with Crippen LogP contribution in [0.5, 0.6) is 0 Å². The van der Waals surface area contributed by atoms with Crippen molar-refractivity contribution in [2.24, 2.45) is 5.92 Å². The van der Waals surface area contributed by atoms with E-state index < -0.39 is 5.60 Å². The Hall–Kier alpha value is -1.98. The molecule has 3 N–H and O–H groups in total. The summed E-state index contributed by atoms with van der Waals surface area (Å²) in [7, 11) is 0. The Bertz CT molecular complexity index is 527. The lowest BCUT2D eigenvalue weighted by Crippen LogP contribution is -2.51. The molecule has 0 radical (unpaired) electrons. The second kappa shape index (κ2) is 6.42. The molecule has 1 saturated heterocycles. The molecule has 0 aromatic carbocycles. The van der Waals surface area contributed by atoms with Crippen LogP contribution in [-0.4, -0.2) is 35.8 Å². The van der Waals surface area contributed by atoms with E-state index in [1.165, 1.54) is 0 Å². The molecule has 2 heterocycles.